The molecule has 1 aliphatic rings. The van der Waals surface area contributed by atoms with Crippen LogP contribution in [0.1, 0.15) is 53.9 Å². The number of carbonyl (C=O) groups is 4. The van der Waals surface area contributed by atoms with Gasteiger partial charge in [-0.2, -0.15) is 5.10 Å². The zero-order valence-corrected chi connectivity index (χ0v) is 29.7. The van der Waals surface area contributed by atoms with Crippen LogP contribution in [0, 0.1) is 0 Å². The molecule has 1 atom stereocenters. The minimum atomic E-state index is -0.792. The smallest absolute Gasteiger partial charge is 0.338 e. The third kappa shape index (κ3) is 9.53. The fourth-order valence-corrected chi connectivity index (χ4v) is 5.40. The van der Waals surface area contributed by atoms with E-state index in [1.54, 1.807) is 75.4 Å². The van der Waals surface area contributed by atoms with Gasteiger partial charge in [-0.05, 0) is 89.8 Å². The van der Waals surface area contributed by atoms with Gasteiger partial charge < -0.3 is 39.1 Å². The molecular formula is C35H37BrN4O10. The maximum absolute atomic E-state index is 12.6. The van der Waals surface area contributed by atoms with Crippen LogP contribution in [0.25, 0.3) is 0 Å². The molecule has 264 valence electrons. The number of halogens is 1. The van der Waals surface area contributed by atoms with E-state index in [1.807, 2.05) is 0 Å². The molecule has 0 saturated heterocycles. The number of hydrogen-bond donors (Lipinski definition) is 3. The third-order valence-corrected chi connectivity index (χ3v) is 7.74. The summed E-state index contributed by atoms with van der Waals surface area (Å²) in [5, 5.41) is 9.33. The van der Waals surface area contributed by atoms with Gasteiger partial charge in [-0.15, -0.1) is 0 Å². The van der Waals surface area contributed by atoms with Crippen LogP contribution in [0.2, 0.25) is 0 Å². The maximum atomic E-state index is 12.6. The van der Waals surface area contributed by atoms with Crippen molar-refractivity contribution in [2.45, 2.75) is 33.4 Å². The summed E-state index contributed by atoms with van der Waals surface area (Å²) >= 11 is 3.50. The van der Waals surface area contributed by atoms with E-state index < -0.39 is 23.9 Å². The van der Waals surface area contributed by atoms with Gasteiger partial charge in [-0.25, -0.2) is 19.8 Å². The maximum Gasteiger partial charge on any atom is 0.338 e. The van der Waals surface area contributed by atoms with Crippen LogP contribution in [0.5, 0.6) is 23.0 Å². The first kappa shape index (κ1) is 37.3. The van der Waals surface area contributed by atoms with Gasteiger partial charge in [0.2, 0.25) is 0 Å². The second-order valence-corrected chi connectivity index (χ2v) is 11.4. The summed E-state index contributed by atoms with van der Waals surface area (Å²) < 4.78 is 33.4. The van der Waals surface area contributed by atoms with Crippen LogP contribution < -0.4 is 35.0 Å². The first-order valence-corrected chi connectivity index (χ1v) is 16.2. The molecule has 0 fully saturated rings. The van der Waals surface area contributed by atoms with Crippen LogP contribution in [0.3, 0.4) is 0 Å². The van der Waals surface area contributed by atoms with E-state index in [1.165, 1.54) is 20.4 Å². The van der Waals surface area contributed by atoms with Crippen LogP contribution in [0.15, 0.2) is 75.4 Å². The van der Waals surface area contributed by atoms with Gasteiger partial charge in [0, 0.05) is 5.70 Å². The number of ether oxygens (including phenoxy) is 6. The number of hydrazone groups is 1. The molecule has 0 aromatic heterocycles. The molecule has 3 N–H and O–H groups in total. The number of rotatable bonds is 15. The van der Waals surface area contributed by atoms with Gasteiger partial charge >= 0.3 is 18.0 Å². The van der Waals surface area contributed by atoms with Crippen molar-refractivity contribution in [1.82, 2.24) is 16.1 Å². The van der Waals surface area contributed by atoms with Gasteiger partial charge in [0.05, 0.1) is 55.3 Å². The minimum absolute atomic E-state index is 0.171. The molecule has 1 aliphatic heterocycles. The molecule has 0 bridgehead atoms. The lowest BCUT2D eigenvalue weighted by Crippen LogP contribution is -2.45. The van der Waals surface area contributed by atoms with Crippen molar-refractivity contribution in [3.63, 3.8) is 0 Å². The SMILES string of the molecule is CCOC(=O)C1=C(C)NC(=O)N[C@H]1c1ccc(OCC(=O)N/N=C/c2cc(Br)c(OCc3ccc(C(=O)OCC)cc3)c(OC)c2)c(OC)c1. The topological polar surface area (TPSA) is 172 Å². The highest BCUT2D eigenvalue weighted by molar-refractivity contribution is 9.10. The number of esters is 2. The van der Waals surface area contributed by atoms with Crippen molar-refractivity contribution in [3.8, 4) is 23.0 Å². The van der Waals surface area contributed by atoms with E-state index in [9.17, 15) is 19.2 Å². The number of methoxy groups -OCH3 is 2. The predicted molar refractivity (Wildman–Crippen MR) is 185 cm³/mol. The Morgan fingerprint density at radius 2 is 1.60 bits per heavy atom. The summed E-state index contributed by atoms with van der Waals surface area (Å²) in [4.78, 5) is 49.3. The molecule has 3 aromatic rings. The minimum Gasteiger partial charge on any atom is -0.493 e. The molecule has 1 heterocycles. The van der Waals surface area contributed by atoms with Crippen molar-refractivity contribution in [2.24, 2.45) is 5.10 Å². The van der Waals surface area contributed by atoms with Gasteiger partial charge in [0.15, 0.2) is 29.6 Å². The van der Waals surface area contributed by atoms with Crippen molar-refractivity contribution in [1.29, 1.82) is 0 Å². The molecule has 14 nitrogen and oxygen atoms in total. The highest BCUT2D eigenvalue weighted by Gasteiger charge is 2.32. The molecule has 0 spiro atoms. The summed E-state index contributed by atoms with van der Waals surface area (Å²) in [6, 6.07) is 13.9. The van der Waals surface area contributed by atoms with E-state index in [4.69, 9.17) is 28.4 Å². The number of amides is 3. The lowest BCUT2D eigenvalue weighted by molar-refractivity contribution is -0.139. The summed E-state index contributed by atoms with van der Waals surface area (Å²) in [6.07, 6.45) is 1.43. The van der Waals surface area contributed by atoms with Gasteiger partial charge in [0.1, 0.15) is 6.61 Å². The Morgan fingerprint density at radius 3 is 2.28 bits per heavy atom. The Kier molecular flexibility index (Phi) is 13.2. The summed E-state index contributed by atoms with van der Waals surface area (Å²) in [5.74, 6) is -0.0664. The normalized spacial score (nSPS) is 14.0. The zero-order valence-electron chi connectivity index (χ0n) is 28.1. The summed E-state index contributed by atoms with van der Waals surface area (Å²) in [5.41, 5.74) is 5.48. The number of hydrogen-bond acceptors (Lipinski definition) is 11. The molecule has 0 unspecified atom stereocenters. The lowest BCUT2D eigenvalue weighted by atomic mass is 9.95. The Labute approximate surface area is 297 Å². The molecule has 50 heavy (non-hydrogen) atoms. The molecule has 3 amide bonds. The Balaban J connectivity index is 1.35. The van der Waals surface area contributed by atoms with E-state index in [-0.39, 0.29) is 42.9 Å². The van der Waals surface area contributed by atoms with E-state index >= 15 is 0 Å². The molecule has 0 saturated carbocycles. The molecular weight excluding hydrogens is 716 g/mol. The van der Waals surface area contributed by atoms with E-state index in [0.717, 1.165) is 5.56 Å². The molecule has 3 aromatic carbocycles. The number of nitrogens with one attached hydrogen (secondary N) is 3. The second kappa shape index (κ2) is 17.7. The first-order chi connectivity index (χ1) is 24.1. The summed E-state index contributed by atoms with van der Waals surface area (Å²) in [7, 11) is 2.93. The average Bonchev–Trinajstić information content (AvgIpc) is 3.10. The van der Waals surface area contributed by atoms with E-state index in [2.05, 4.69) is 37.1 Å². The average molecular weight is 754 g/mol. The molecule has 15 heteroatoms. The van der Waals surface area contributed by atoms with Crippen molar-refractivity contribution in [2.75, 3.05) is 34.0 Å². The highest BCUT2D eigenvalue weighted by Crippen LogP contribution is 2.37. The Hall–Kier alpha value is -5.57. The zero-order chi connectivity index (χ0) is 36.2. The standard InChI is InChI=1S/C35H37BrN4O10/c1-6-47-33(42)23-10-8-21(9-11-23)18-50-32-25(36)14-22(15-28(32)46-5)17-37-40-29(41)19-49-26-13-12-24(16-27(26)45-4)31-30(34(43)48-7-2)20(3)38-35(44)39-31/h8-17,31H,6-7,18-19H2,1-5H3,(H,40,41)(H2,38,39,44)/b37-17+/t31-/m0/s1. The fourth-order valence-electron chi connectivity index (χ4n) is 4.82. The fraction of sp³-hybridized carbons (Fsp3) is 0.286. The predicted octanol–water partition coefficient (Wildman–Crippen LogP) is 4.94. The highest BCUT2D eigenvalue weighted by atomic mass is 79.9. The quantitative estimate of drug-likeness (QED) is 0.110. The Morgan fingerprint density at radius 1 is 0.900 bits per heavy atom. The van der Waals surface area contributed by atoms with Crippen LogP contribution >= 0.6 is 15.9 Å². The van der Waals surface area contributed by atoms with Gasteiger partial charge in [-0.3, -0.25) is 4.79 Å². The third-order valence-electron chi connectivity index (χ3n) is 7.15. The van der Waals surface area contributed by atoms with Crippen LogP contribution in [0.4, 0.5) is 4.79 Å². The number of nitrogens with zero attached hydrogens (tertiary/aromatic N) is 1. The lowest BCUT2D eigenvalue weighted by Gasteiger charge is -2.28. The van der Waals surface area contributed by atoms with Crippen molar-refractivity contribution < 1.29 is 47.6 Å². The Bertz CT molecular complexity index is 1790. The summed E-state index contributed by atoms with van der Waals surface area (Å²) in [6.45, 7) is 5.36. The molecule has 4 rings (SSSR count). The molecule has 0 radical (unpaired) electrons. The number of allylic oxidation sites excluding steroid dienone is 1. The van der Waals surface area contributed by atoms with Crippen molar-refractivity contribution in [3.05, 3.63) is 92.6 Å². The van der Waals surface area contributed by atoms with Gasteiger partial charge in [-0.1, -0.05) is 18.2 Å². The molecule has 0 aliphatic carbocycles. The number of carbonyl (C=O) groups excluding carboxylic acids is 4. The van der Waals surface area contributed by atoms with Crippen molar-refractivity contribution >= 4 is 46.0 Å². The van der Waals surface area contributed by atoms with Crippen LogP contribution in [-0.2, 0) is 25.7 Å². The second-order valence-electron chi connectivity index (χ2n) is 10.5. The largest absolute Gasteiger partial charge is 0.493 e. The van der Waals surface area contributed by atoms with E-state index in [0.29, 0.717) is 45.0 Å². The first-order valence-electron chi connectivity index (χ1n) is 15.4. The number of benzene rings is 3. The number of urea groups is 1. The monoisotopic (exact) mass is 752 g/mol. The van der Waals surface area contributed by atoms with Crippen LogP contribution in [-0.4, -0.2) is 64.1 Å². The van der Waals surface area contributed by atoms with Gasteiger partial charge in [0.25, 0.3) is 5.91 Å².